The van der Waals surface area contributed by atoms with Crippen molar-refractivity contribution in [1.82, 2.24) is 67.5 Å². The zero-order valence-electron chi connectivity index (χ0n) is 63.6. The van der Waals surface area contributed by atoms with Crippen molar-refractivity contribution in [2.45, 2.75) is 263 Å². The van der Waals surface area contributed by atoms with Gasteiger partial charge in [0.05, 0.1) is 18.3 Å². The third-order valence-electron chi connectivity index (χ3n) is 22.1. The maximum absolute atomic E-state index is 15.6. The molecule has 588 valence electrons. The number of rotatable bonds is 12. The Morgan fingerprint density at radius 1 is 0.495 bits per heavy atom. The summed E-state index contributed by atoms with van der Waals surface area (Å²) in [6.45, 7) is 23.3. The summed E-state index contributed by atoms with van der Waals surface area (Å²) < 4.78 is 6.00. The molecule has 0 aliphatic carbocycles. The third-order valence-corrected chi connectivity index (χ3v) is 22.1. The minimum Gasteiger partial charge on any atom is -0.450 e. The van der Waals surface area contributed by atoms with Crippen LogP contribution < -0.4 is 53.4 Å². The molecule has 6 saturated heterocycles. The number of aliphatic hydroxyl groups excluding tert-OH is 3. The number of carbonyl (C=O) groups excluding carboxylic acids is 12. The van der Waals surface area contributed by atoms with E-state index >= 15 is 19.2 Å². The second kappa shape index (κ2) is 31.9. The molecular formula is C74H109N15O18. The SMILES string of the molecule is CC(C)CC[C@@H]1NC(=O)[C@H]2CCCNN2C(=O)[C@H](C(C)C)OC(=O)[C@@H](C(C)C)NC(=O)[C@@H]2C[C@@]3(O)c4cc(-c5ccc6c(c5)[C@]5(O)C[C@H]7C(=O)N[C@H](C(C)C)C(=O)N(C)[C@@H](C(C)C)C(=O)N8NC[C@H](O)C[C@@H]8C(=O)N[C@@H](CC(C)C)C(=O)N[C@H]([C@H](C)O)C(=O)N7[C@@H]5N6)ccc4N[C@H]3N2C(=O)[C@@H]([C@H](C)O)NC1=O. The Balaban J connectivity index is 1.02. The average Bonchev–Trinajstić information content (AvgIpc) is 1.55. The summed E-state index contributed by atoms with van der Waals surface area (Å²) in [4.78, 5) is 182. The van der Waals surface area contributed by atoms with Crippen molar-refractivity contribution in [1.29, 1.82) is 0 Å². The van der Waals surface area contributed by atoms with Crippen LogP contribution in [0.5, 0.6) is 0 Å². The van der Waals surface area contributed by atoms with Crippen LogP contribution in [0.4, 0.5) is 11.4 Å². The molecule has 0 aromatic heterocycles. The van der Waals surface area contributed by atoms with Gasteiger partial charge in [-0.1, -0.05) is 95.2 Å². The number of anilines is 2. The summed E-state index contributed by atoms with van der Waals surface area (Å²) in [5.74, 6) is -13.4. The number of cyclic esters (lactones) is 1. The smallest absolute Gasteiger partial charge is 0.329 e. The monoisotopic (exact) mass is 1500 g/mol. The highest BCUT2D eigenvalue weighted by Crippen LogP contribution is 2.53. The first-order valence-electron chi connectivity index (χ1n) is 37.6. The van der Waals surface area contributed by atoms with Gasteiger partial charge in [-0.3, -0.25) is 62.8 Å². The Labute approximate surface area is 622 Å². The first-order chi connectivity index (χ1) is 50.2. The van der Waals surface area contributed by atoms with Crippen LogP contribution in [0.1, 0.15) is 159 Å². The Kier molecular flexibility index (Phi) is 24.1. The first kappa shape index (κ1) is 80.9. The number of aliphatic hydroxyl groups is 5. The molecule has 33 nitrogen and oxygen atoms in total. The van der Waals surface area contributed by atoms with Gasteiger partial charge in [-0.15, -0.1) is 0 Å². The molecule has 107 heavy (non-hydrogen) atoms. The molecule has 0 unspecified atom stereocenters. The van der Waals surface area contributed by atoms with Gasteiger partial charge in [0.15, 0.2) is 6.10 Å². The summed E-state index contributed by atoms with van der Waals surface area (Å²) in [6, 6.07) is -6.64. The molecule has 15 N–H and O–H groups in total. The number of hydrogen-bond donors (Lipinski definition) is 15. The lowest BCUT2D eigenvalue weighted by Gasteiger charge is -2.42. The summed E-state index contributed by atoms with van der Waals surface area (Å²) >= 11 is 0. The van der Waals surface area contributed by atoms with Crippen LogP contribution >= 0.6 is 0 Å². The van der Waals surface area contributed by atoms with Gasteiger partial charge in [-0.05, 0) is 117 Å². The fourth-order valence-electron chi connectivity index (χ4n) is 16.2. The maximum Gasteiger partial charge on any atom is 0.329 e. The lowest BCUT2D eigenvalue weighted by atomic mass is 9.86. The van der Waals surface area contributed by atoms with E-state index in [1.165, 1.54) is 25.8 Å². The highest BCUT2D eigenvalue weighted by Gasteiger charge is 2.64. The van der Waals surface area contributed by atoms with Crippen molar-refractivity contribution in [2.75, 3.05) is 30.8 Å². The van der Waals surface area contributed by atoms with Crippen molar-refractivity contribution >= 4 is 82.3 Å². The number of esters is 1. The van der Waals surface area contributed by atoms with Gasteiger partial charge in [0.1, 0.15) is 90.0 Å². The van der Waals surface area contributed by atoms with Crippen molar-refractivity contribution in [3.63, 3.8) is 0 Å². The molecule has 11 amide bonds. The van der Waals surface area contributed by atoms with Crippen LogP contribution in [-0.2, 0) is 73.5 Å². The van der Waals surface area contributed by atoms with Crippen molar-refractivity contribution in [3.8, 4) is 11.1 Å². The number of benzene rings is 2. The summed E-state index contributed by atoms with van der Waals surface area (Å²) in [7, 11) is 1.38. The molecule has 0 radical (unpaired) electrons. The van der Waals surface area contributed by atoms with E-state index in [0.29, 0.717) is 24.0 Å². The predicted octanol–water partition coefficient (Wildman–Crippen LogP) is -1.06. The molecule has 6 fully saturated rings. The molecule has 8 aliphatic rings. The number of hydrazine groups is 2. The molecular weight excluding hydrogens is 1390 g/mol. The Hall–Kier alpha value is -8.60. The number of β-amino-alcohol motifs (C(OH)–C–C–N with tert-alkyl or cyclic N) is 1. The maximum atomic E-state index is 15.6. The lowest BCUT2D eigenvalue weighted by molar-refractivity contribution is -0.171. The van der Waals surface area contributed by atoms with Crippen molar-refractivity contribution < 1.29 is 87.8 Å². The minimum absolute atomic E-state index is 0.0146. The van der Waals surface area contributed by atoms with E-state index in [1.807, 2.05) is 13.8 Å². The fourth-order valence-corrected chi connectivity index (χ4v) is 16.2. The van der Waals surface area contributed by atoms with Crippen LogP contribution in [0, 0.1) is 35.5 Å². The average molecular weight is 1500 g/mol. The molecule has 2 aromatic rings. The van der Waals surface area contributed by atoms with E-state index in [4.69, 9.17) is 4.74 Å². The normalized spacial score (nSPS) is 32.9. The lowest BCUT2D eigenvalue weighted by Crippen LogP contribution is -2.68. The second-order valence-electron chi connectivity index (χ2n) is 32.5. The Morgan fingerprint density at radius 2 is 0.963 bits per heavy atom. The second-order valence-corrected chi connectivity index (χ2v) is 32.5. The van der Waals surface area contributed by atoms with Gasteiger partial charge in [0.2, 0.25) is 53.2 Å². The molecule has 8 heterocycles. The van der Waals surface area contributed by atoms with Crippen LogP contribution in [0.2, 0.25) is 0 Å². The molecule has 10 rings (SSSR count). The number of nitrogens with zero attached hydrogens (tertiary/aromatic N) is 5. The molecule has 33 heteroatoms. The fraction of sp³-hybridized carbons (Fsp3) is 0.676. The van der Waals surface area contributed by atoms with E-state index in [-0.39, 0.29) is 73.1 Å². The summed E-state index contributed by atoms with van der Waals surface area (Å²) in [6.07, 6.45) is -9.26. The number of nitrogens with one attached hydrogen (secondary N) is 10. The van der Waals surface area contributed by atoms with Crippen LogP contribution in [0.3, 0.4) is 0 Å². The number of hydrogen-bond acceptors (Lipinski definition) is 22. The number of ether oxygens (including phenoxy) is 1. The predicted molar refractivity (Wildman–Crippen MR) is 386 cm³/mol. The Morgan fingerprint density at radius 3 is 1.44 bits per heavy atom. The molecule has 8 aliphatic heterocycles. The van der Waals surface area contributed by atoms with Crippen molar-refractivity contribution in [3.05, 3.63) is 47.5 Å². The van der Waals surface area contributed by atoms with Crippen LogP contribution in [-0.4, -0.2) is 245 Å². The number of likely N-dealkylation sites (N-methyl/N-ethyl adjacent to an activating group) is 1. The van der Waals surface area contributed by atoms with E-state index in [9.17, 15) is 63.9 Å². The van der Waals surface area contributed by atoms with Gasteiger partial charge >= 0.3 is 5.97 Å². The number of amides is 11. The van der Waals surface area contributed by atoms with Crippen LogP contribution in [0.15, 0.2) is 36.4 Å². The molecule has 2 aromatic carbocycles. The highest BCUT2D eigenvalue weighted by atomic mass is 16.6. The molecule has 0 saturated carbocycles. The van der Waals surface area contributed by atoms with Gasteiger partial charge in [-0.2, -0.15) is 0 Å². The van der Waals surface area contributed by atoms with Crippen LogP contribution in [0.25, 0.3) is 11.1 Å². The van der Waals surface area contributed by atoms with Crippen molar-refractivity contribution in [2.24, 2.45) is 35.5 Å². The molecule has 0 spiro atoms. The number of fused-ring (bicyclic) bond motifs is 12. The standard InChI is InChI=1S/C74H109N15O18/c1-32(2)18-21-47-59(93)83-55(38(13)90)66(100)87-52(64(98)82-54(35(7)8)70(104)107-58(37(11)12)69(103)88-49(61(95)77-47)17-16-24-75-88)30-74(106)44-27-41(20-23-46(44)80-72(74)87)40-19-22-45-43(26-40)73(105)29-51-63(97)81-53(34(5)6)65(99)85(15)57(36(9)10)68(102)89-50(28-42(92)31-76-89)62(96)78-48(25-33(3)4)60(94)84-56(39(14)91)67(101)86(51)71(73)79-45/h19-20,22-23,26-27,32-39,42,47-58,71-72,75-76,79-80,90-92,105-106H,16-18,21,24-25,28-31H2,1-15H3,(H,77,95)(H,78,96)(H,81,97)(H,82,98)(H,83,93)(H,84,94)/t38-,39-,42+,47-,48-,49+,50+,51-,52-,53+,54+,55+,56+,57-,58-,71-,72-,73+,74+/m0/s1. The van der Waals surface area contributed by atoms with Gasteiger partial charge in [0, 0.05) is 61.9 Å². The largest absolute Gasteiger partial charge is 0.450 e. The summed E-state index contributed by atoms with van der Waals surface area (Å²) in [5, 5.41) is 85.8. The number of carbonyl (C=O) groups is 12. The minimum atomic E-state index is -2.19. The molecule has 0 bridgehead atoms. The highest BCUT2D eigenvalue weighted by molar-refractivity contribution is 6.01. The van der Waals surface area contributed by atoms with E-state index in [0.717, 1.165) is 19.8 Å². The van der Waals surface area contributed by atoms with E-state index in [2.05, 4.69) is 53.4 Å². The topological polar surface area (TPSA) is 452 Å². The van der Waals surface area contributed by atoms with Gasteiger partial charge < -0.3 is 87.5 Å². The van der Waals surface area contributed by atoms with E-state index < -0.39 is 222 Å². The quantitative estimate of drug-likeness (QED) is 0.113. The molecule has 19 atom stereocenters. The van der Waals surface area contributed by atoms with E-state index in [1.54, 1.807) is 106 Å². The zero-order chi connectivity index (χ0) is 78.6. The Bertz CT molecular complexity index is 3800. The summed E-state index contributed by atoms with van der Waals surface area (Å²) in [5.41, 5.74) is 3.11. The first-order valence-corrected chi connectivity index (χ1v) is 37.6. The zero-order valence-corrected chi connectivity index (χ0v) is 63.6. The third kappa shape index (κ3) is 15.9. The van der Waals surface area contributed by atoms with Gasteiger partial charge in [-0.25, -0.2) is 15.6 Å². The van der Waals surface area contributed by atoms with Gasteiger partial charge in [0.25, 0.3) is 11.8 Å².